The second kappa shape index (κ2) is 4.59. The minimum atomic E-state index is 0.537. The number of aryl methyl sites for hydroxylation is 1. The molecular formula is C15H18N4O. The van der Waals surface area contributed by atoms with Gasteiger partial charge in [-0.3, -0.25) is 0 Å². The van der Waals surface area contributed by atoms with Gasteiger partial charge in [-0.25, -0.2) is 0 Å². The molecule has 1 aromatic carbocycles. The molecule has 2 aromatic rings. The molecule has 2 N–H and O–H groups in total. The minimum Gasteiger partial charge on any atom is -0.493 e. The van der Waals surface area contributed by atoms with E-state index in [1.165, 1.54) is 5.56 Å². The first-order valence-electron chi connectivity index (χ1n) is 7.23. The van der Waals surface area contributed by atoms with Crippen molar-refractivity contribution in [2.45, 2.75) is 25.8 Å². The van der Waals surface area contributed by atoms with Gasteiger partial charge in [-0.2, -0.15) is 0 Å². The van der Waals surface area contributed by atoms with E-state index >= 15 is 0 Å². The molecule has 5 heteroatoms. The molecule has 1 aromatic heterocycles. The van der Waals surface area contributed by atoms with Crippen LogP contribution in [0, 0.1) is 5.92 Å². The smallest absolute Gasteiger partial charge is 0.163 e. The highest BCUT2D eigenvalue weighted by molar-refractivity contribution is 5.60. The van der Waals surface area contributed by atoms with Gasteiger partial charge in [0.25, 0.3) is 0 Å². The standard InChI is InChI=1S/C15H18N4O/c16-8-10-1-4-14-17-18-15(19(14)9-10)12-2-3-13-11(7-12)5-6-20-13/h2-3,7,10H,1,4-6,8-9,16H2. The zero-order valence-corrected chi connectivity index (χ0v) is 11.4. The van der Waals surface area contributed by atoms with Crippen LogP contribution in [0.15, 0.2) is 18.2 Å². The maximum Gasteiger partial charge on any atom is 0.163 e. The number of ether oxygens (including phenoxy) is 1. The first-order valence-corrected chi connectivity index (χ1v) is 7.23. The Labute approximate surface area is 117 Å². The Morgan fingerprint density at radius 1 is 1.30 bits per heavy atom. The normalized spacial score (nSPS) is 20.4. The predicted octanol–water partition coefficient (Wildman–Crippen LogP) is 1.40. The van der Waals surface area contributed by atoms with Gasteiger partial charge in [-0.15, -0.1) is 10.2 Å². The van der Waals surface area contributed by atoms with Crippen LogP contribution in [0.1, 0.15) is 17.8 Å². The van der Waals surface area contributed by atoms with E-state index in [1.807, 2.05) is 6.07 Å². The van der Waals surface area contributed by atoms with E-state index in [9.17, 15) is 0 Å². The Hall–Kier alpha value is -1.88. The summed E-state index contributed by atoms with van der Waals surface area (Å²) in [7, 11) is 0. The average molecular weight is 270 g/mol. The summed E-state index contributed by atoms with van der Waals surface area (Å²) >= 11 is 0. The van der Waals surface area contributed by atoms with E-state index in [0.717, 1.165) is 61.9 Å². The third-order valence-corrected chi connectivity index (χ3v) is 4.33. The van der Waals surface area contributed by atoms with E-state index in [-0.39, 0.29) is 0 Å². The van der Waals surface area contributed by atoms with Crippen LogP contribution in [0.2, 0.25) is 0 Å². The molecule has 0 bridgehead atoms. The van der Waals surface area contributed by atoms with Crippen molar-refractivity contribution in [2.75, 3.05) is 13.2 Å². The van der Waals surface area contributed by atoms with Gasteiger partial charge in [-0.05, 0) is 42.6 Å². The fourth-order valence-corrected chi connectivity index (χ4v) is 3.13. The number of fused-ring (bicyclic) bond motifs is 2. The SMILES string of the molecule is NCC1CCc2nnc(-c3ccc4c(c3)CCO4)n2C1. The van der Waals surface area contributed by atoms with E-state index in [2.05, 4.69) is 26.9 Å². The van der Waals surface area contributed by atoms with Crippen molar-refractivity contribution >= 4 is 0 Å². The van der Waals surface area contributed by atoms with Gasteiger partial charge in [0.05, 0.1) is 6.61 Å². The lowest BCUT2D eigenvalue weighted by Crippen LogP contribution is -2.26. The van der Waals surface area contributed by atoms with Crippen LogP contribution < -0.4 is 10.5 Å². The molecule has 1 atom stereocenters. The average Bonchev–Trinajstić information content (AvgIpc) is 3.11. The molecule has 104 valence electrons. The van der Waals surface area contributed by atoms with Gasteiger partial charge in [0.1, 0.15) is 11.6 Å². The zero-order chi connectivity index (χ0) is 13.5. The summed E-state index contributed by atoms with van der Waals surface area (Å²) in [6, 6.07) is 6.31. The van der Waals surface area contributed by atoms with Gasteiger partial charge >= 0.3 is 0 Å². The lowest BCUT2D eigenvalue weighted by Gasteiger charge is -2.23. The Bertz CT molecular complexity index is 649. The third-order valence-electron chi connectivity index (χ3n) is 4.33. The Kier molecular flexibility index (Phi) is 2.73. The number of aromatic nitrogens is 3. The largest absolute Gasteiger partial charge is 0.493 e. The fraction of sp³-hybridized carbons (Fsp3) is 0.467. The van der Waals surface area contributed by atoms with Gasteiger partial charge in [-0.1, -0.05) is 0 Å². The van der Waals surface area contributed by atoms with Crippen LogP contribution in [-0.4, -0.2) is 27.9 Å². The summed E-state index contributed by atoms with van der Waals surface area (Å²) in [5.41, 5.74) is 8.22. The van der Waals surface area contributed by atoms with Gasteiger partial charge < -0.3 is 15.0 Å². The quantitative estimate of drug-likeness (QED) is 0.896. The molecule has 4 rings (SSSR count). The number of nitrogens with two attached hydrogens (primary N) is 1. The van der Waals surface area contributed by atoms with Crippen LogP contribution in [0.4, 0.5) is 0 Å². The van der Waals surface area contributed by atoms with Crippen LogP contribution in [0.5, 0.6) is 5.75 Å². The Balaban J connectivity index is 1.74. The second-order valence-corrected chi connectivity index (χ2v) is 5.61. The maximum atomic E-state index is 5.82. The van der Waals surface area contributed by atoms with E-state index in [0.29, 0.717) is 5.92 Å². The highest BCUT2D eigenvalue weighted by Gasteiger charge is 2.23. The van der Waals surface area contributed by atoms with Crippen molar-refractivity contribution in [3.05, 3.63) is 29.6 Å². The number of nitrogens with zero attached hydrogens (tertiary/aromatic N) is 3. The molecule has 2 aliphatic rings. The monoisotopic (exact) mass is 270 g/mol. The lowest BCUT2D eigenvalue weighted by molar-refractivity contribution is 0.357. The summed E-state index contributed by atoms with van der Waals surface area (Å²) in [5, 5.41) is 8.73. The molecule has 0 fully saturated rings. The van der Waals surface area contributed by atoms with Crippen LogP contribution >= 0.6 is 0 Å². The molecule has 3 heterocycles. The molecule has 0 aliphatic carbocycles. The van der Waals surface area contributed by atoms with E-state index in [1.54, 1.807) is 0 Å². The summed E-state index contributed by atoms with van der Waals surface area (Å²) in [6.07, 6.45) is 3.07. The maximum absolute atomic E-state index is 5.82. The Morgan fingerprint density at radius 3 is 3.15 bits per heavy atom. The molecule has 5 nitrogen and oxygen atoms in total. The molecule has 0 saturated heterocycles. The summed E-state index contributed by atoms with van der Waals surface area (Å²) < 4.78 is 7.79. The van der Waals surface area contributed by atoms with Crippen LogP contribution in [-0.2, 0) is 19.4 Å². The predicted molar refractivity (Wildman–Crippen MR) is 75.5 cm³/mol. The number of benzene rings is 1. The van der Waals surface area contributed by atoms with Gasteiger partial charge in [0.15, 0.2) is 5.82 Å². The minimum absolute atomic E-state index is 0.537. The second-order valence-electron chi connectivity index (χ2n) is 5.61. The molecule has 20 heavy (non-hydrogen) atoms. The molecule has 1 unspecified atom stereocenters. The number of hydrogen-bond acceptors (Lipinski definition) is 4. The molecule has 0 radical (unpaired) electrons. The number of rotatable bonds is 2. The van der Waals surface area contributed by atoms with Crippen LogP contribution in [0.3, 0.4) is 0 Å². The van der Waals surface area contributed by atoms with E-state index in [4.69, 9.17) is 10.5 Å². The zero-order valence-electron chi connectivity index (χ0n) is 11.4. The lowest BCUT2D eigenvalue weighted by atomic mass is 9.99. The summed E-state index contributed by atoms with van der Waals surface area (Å²) in [4.78, 5) is 0. The molecule has 2 aliphatic heterocycles. The van der Waals surface area contributed by atoms with Crippen molar-refractivity contribution in [2.24, 2.45) is 11.7 Å². The van der Waals surface area contributed by atoms with E-state index < -0.39 is 0 Å². The topological polar surface area (TPSA) is 66.0 Å². The highest BCUT2D eigenvalue weighted by atomic mass is 16.5. The van der Waals surface area contributed by atoms with Crippen molar-refractivity contribution in [3.8, 4) is 17.1 Å². The van der Waals surface area contributed by atoms with Gasteiger partial charge in [0, 0.05) is 24.9 Å². The molecule has 0 spiro atoms. The first-order chi connectivity index (χ1) is 9.85. The fourth-order valence-electron chi connectivity index (χ4n) is 3.13. The first kappa shape index (κ1) is 11.9. The van der Waals surface area contributed by atoms with Gasteiger partial charge in [0.2, 0.25) is 0 Å². The van der Waals surface area contributed by atoms with Crippen molar-refractivity contribution in [3.63, 3.8) is 0 Å². The summed E-state index contributed by atoms with van der Waals surface area (Å²) in [6.45, 7) is 2.45. The third kappa shape index (κ3) is 1.81. The Morgan fingerprint density at radius 2 is 2.25 bits per heavy atom. The molecule has 0 saturated carbocycles. The van der Waals surface area contributed by atoms with Crippen molar-refractivity contribution in [1.29, 1.82) is 0 Å². The van der Waals surface area contributed by atoms with Crippen molar-refractivity contribution < 1.29 is 4.74 Å². The molecular weight excluding hydrogens is 252 g/mol. The molecule has 0 amide bonds. The van der Waals surface area contributed by atoms with Crippen LogP contribution in [0.25, 0.3) is 11.4 Å². The number of hydrogen-bond donors (Lipinski definition) is 1. The highest BCUT2D eigenvalue weighted by Crippen LogP contribution is 2.31. The van der Waals surface area contributed by atoms with Crippen molar-refractivity contribution in [1.82, 2.24) is 14.8 Å². The summed E-state index contributed by atoms with van der Waals surface area (Å²) in [5.74, 6) is 3.59.